The fourth-order valence-electron chi connectivity index (χ4n) is 2.26. The first-order valence-electron chi connectivity index (χ1n) is 5.20. The highest BCUT2D eigenvalue weighted by atomic mass is 16.1. The fourth-order valence-corrected chi connectivity index (χ4v) is 2.26. The highest BCUT2D eigenvalue weighted by Crippen LogP contribution is 2.26. The molecule has 4 heteroatoms. The van der Waals surface area contributed by atoms with Crippen LogP contribution in [0.2, 0.25) is 0 Å². The lowest BCUT2D eigenvalue weighted by atomic mass is 9.91. The number of H-pyrrole nitrogens is 1. The van der Waals surface area contributed by atoms with Crippen molar-refractivity contribution < 1.29 is 0 Å². The summed E-state index contributed by atoms with van der Waals surface area (Å²) in [5, 5.41) is 0. The van der Waals surface area contributed by atoms with Gasteiger partial charge in [0.15, 0.2) is 0 Å². The summed E-state index contributed by atoms with van der Waals surface area (Å²) in [6.07, 6.45) is 6.12. The minimum atomic E-state index is 0.00148. The molecule has 1 aromatic rings. The predicted molar refractivity (Wildman–Crippen MR) is 55.3 cm³/mol. The lowest BCUT2D eigenvalue weighted by molar-refractivity contribution is 0.315. The zero-order chi connectivity index (χ0) is 10.1. The number of hydrogen-bond donors (Lipinski definition) is 2. The molecule has 0 saturated heterocycles. The van der Waals surface area contributed by atoms with Crippen molar-refractivity contribution in [3.8, 4) is 0 Å². The molecule has 14 heavy (non-hydrogen) atoms. The Balaban J connectivity index is 2.21. The van der Waals surface area contributed by atoms with Gasteiger partial charge in [-0.1, -0.05) is 0 Å². The van der Waals surface area contributed by atoms with Gasteiger partial charge in [-0.25, -0.2) is 4.79 Å². The minimum absolute atomic E-state index is 0.00148. The molecule has 1 aromatic heterocycles. The average Bonchev–Trinajstić information content (AvgIpc) is 2.45. The third-order valence-corrected chi connectivity index (χ3v) is 2.95. The van der Waals surface area contributed by atoms with Crippen molar-refractivity contribution in [2.75, 3.05) is 0 Å². The van der Waals surface area contributed by atoms with Crippen LogP contribution in [-0.4, -0.2) is 15.6 Å². The van der Waals surface area contributed by atoms with Gasteiger partial charge in [-0.05, 0) is 32.6 Å². The van der Waals surface area contributed by atoms with E-state index in [1.165, 1.54) is 0 Å². The number of nitrogens with two attached hydrogens (primary N) is 1. The van der Waals surface area contributed by atoms with Gasteiger partial charge in [0.1, 0.15) is 0 Å². The van der Waals surface area contributed by atoms with Crippen molar-refractivity contribution >= 4 is 0 Å². The van der Waals surface area contributed by atoms with E-state index in [0.717, 1.165) is 31.4 Å². The maximum atomic E-state index is 11.5. The fraction of sp³-hybridized carbons (Fsp3) is 0.700. The van der Waals surface area contributed by atoms with Crippen LogP contribution in [0.1, 0.15) is 37.4 Å². The Morgan fingerprint density at radius 2 is 2.36 bits per heavy atom. The molecule has 1 heterocycles. The lowest BCUT2D eigenvalue weighted by Crippen LogP contribution is -2.32. The van der Waals surface area contributed by atoms with Crippen LogP contribution in [0, 0.1) is 6.92 Å². The first-order chi connectivity index (χ1) is 6.66. The predicted octanol–water partition coefficient (Wildman–Crippen LogP) is 0.927. The normalized spacial score (nSPS) is 27.9. The number of aryl methyl sites for hydroxylation is 1. The highest BCUT2D eigenvalue weighted by molar-refractivity contribution is 4.96. The van der Waals surface area contributed by atoms with Gasteiger partial charge >= 0.3 is 5.69 Å². The minimum Gasteiger partial charge on any atom is -0.328 e. The molecule has 0 aliphatic heterocycles. The van der Waals surface area contributed by atoms with E-state index in [1.54, 1.807) is 4.57 Å². The van der Waals surface area contributed by atoms with Gasteiger partial charge < -0.3 is 10.7 Å². The number of aromatic nitrogens is 2. The Labute approximate surface area is 83.1 Å². The maximum Gasteiger partial charge on any atom is 0.325 e. The first-order valence-corrected chi connectivity index (χ1v) is 5.20. The van der Waals surface area contributed by atoms with Gasteiger partial charge in [0.25, 0.3) is 0 Å². The number of rotatable bonds is 1. The summed E-state index contributed by atoms with van der Waals surface area (Å²) in [6, 6.07) is 0.562. The zero-order valence-electron chi connectivity index (χ0n) is 8.49. The molecule has 0 spiro atoms. The Morgan fingerprint density at radius 3 is 2.93 bits per heavy atom. The van der Waals surface area contributed by atoms with E-state index in [2.05, 4.69) is 4.98 Å². The molecule has 4 nitrogen and oxygen atoms in total. The lowest BCUT2D eigenvalue weighted by Gasteiger charge is -2.26. The van der Waals surface area contributed by atoms with Crippen molar-refractivity contribution in [2.24, 2.45) is 5.73 Å². The van der Waals surface area contributed by atoms with Gasteiger partial charge in [0, 0.05) is 24.0 Å². The molecule has 1 aliphatic rings. The molecular formula is C10H17N3O. The molecule has 2 unspecified atom stereocenters. The standard InChI is InChI=1S/C10H17N3O/c1-7-6-13(10(14)12-7)9-4-2-3-8(11)5-9/h6,8-9H,2-5,11H2,1H3,(H,12,14). The quantitative estimate of drug-likeness (QED) is 0.700. The summed E-state index contributed by atoms with van der Waals surface area (Å²) in [5.41, 5.74) is 6.82. The van der Waals surface area contributed by atoms with Crippen LogP contribution in [0.25, 0.3) is 0 Å². The van der Waals surface area contributed by atoms with Crippen molar-refractivity contribution in [3.05, 3.63) is 22.4 Å². The van der Waals surface area contributed by atoms with Gasteiger partial charge in [-0.15, -0.1) is 0 Å². The number of nitrogens with zero attached hydrogens (tertiary/aromatic N) is 1. The molecule has 2 rings (SSSR count). The van der Waals surface area contributed by atoms with E-state index in [1.807, 2.05) is 13.1 Å². The van der Waals surface area contributed by atoms with Crippen LogP contribution < -0.4 is 11.4 Å². The number of aromatic amines is 1. The number of hydrogen-bond acceptors (Lipinski definition) is 2. The van der Waals surface area contributed by atoms with Gasteiger partial charge in [0.2, 0.25) is 0 Å². The first kappa shape index (κ1) is 9.52. The van der Waals surface area contributed by atoms with Crippen molar-refractivity contribution in [2.45, 2.75) is 44.7 Å². The van der Waals surface area contributed by atoms with E-state index < -0.39 is 0 Å². The molecular weight excluding hydrogens is 178 g/mol. The highest BCUT2D eigenvalue weighted by Gasteiger charge is 2.21. The maximum absolute atomic E-state index is 11.5. The monoisotopic (exact) mass is 195 g/mol. The SMILES string of the molecule is Cc1cn(C2CCCC(N)C2)c(=O)[nH]1. The van der Waals surface area contributed by atoms with Crippen LogP contribution in [0.3, 0.4) is 0 Å². The van der Waals surface area contributed by atoms with Crippen molar-refractivity contribution in [1.82, 2.24) is 9.55 Å². The number of imidazole rings is 1. The Morgan fingerprint density at radius 1 is 1.57 bits per heavy atom. The van der Waals surface area contributed by atoms with Gasteiger partial charge in [-0.2, -0.15) is 0 Å². The third kappa shape index (κ3) is 1.75. The molecule has 0 amide bonds. The molecule has 0 bridgehead atoms. The van der Waals surface area contributed by atoms with Crippen LogP contribution in [-0.2, 0) is 0 Å². The molecule has 1 fully saturated rings. The Bertz CT molecular complexity index is 366. The smallest absolute Gasteiger partial charge is 0.325 e. The molecule has 0 aromatic carbocycles. The zero-order valence-corrected chi connectivity index (χ0v) is 8.49. The summed E-state index contributed by atoms with van der Waals surface area (Å²) in [4.78, 5) is 14.3. The summed E-state index contributed by atoms with van der Waals surface area (Å²) in [6.45, 7) is 1.90. The van der Waals surface area contributed by atoms with Crippen LogP contribution in [0.15, 0.2) is 11.0 Å². The van der Waals surface area contributed by atoms with Crippen LogP contribution in [0.4, 0.5) is 0 Å². The summed E-state index contributed by atoms with van der Waals surface area (Å²) >= 11 is 0. The van der Waals surface area contributed by atoms with E-state index in [9.17, 15) is 4.79 Å². The van der Waals surface area contributed by atoms with E-state index in [0.29, 0.717) is 6.04 Å². The topological polar surface area (TPSA) is 63.8 Å². The molecule has 1 saturated carbocycles. The van der Waals surface area contributed by atoms with Crippen molar-refractivity contribution in [1.29, 1.82) is 0 Å². The molecule has 0 radical (unpaired) electrons. The molecule has 1 aliphatic carbocycles. The summed E-state index contributed by atoms with van der Waals surface area (Å²) in [7, 11) is 0. The van der Waals surface area contributed by atoms with Crippen LogP contribution >= 0.6 is 0 Å². The largest absolute Gasteiger partial charge is 0.328 e. The summed E-state index contributed by atoms with van der Waals surface area (Å²) < 4.78 is 1.80. The van der Waals surface area contributed by atoms with Gasteiger partial charge in [0.05, 0.1) is 0 Å². The van der Waals surface area contributed by atoms with E-state index >= 15 is 0 Å². The van der Waals surface area contributed by atoms with E-state index in [4.69, 9.17) is 5.73 Å². The van der Waals surface area contributed by atoms with E-state index in [-0.39, 0.29) is 11.7 Å². The Kier molecular flexibility index (Phi) is 2.46. The van der Waals surface area contributed by atoms with Gasteiger partial charge in [-0.3, -0.25) is 4.57 Å². The number of nitrogens with one attached hydrogen (secondary N) is 1. The third-order valence-electron chi connectivity index (χ3n) is 2.95. The van der Waals surface area contributed by atoms with Crippen LogP contribution in [0.5, 0.6) is 0 Å². The summed E-state index contributed by atoms with van der Waals surface area (Å²) in [5.74, 6) is 0. The molecule has 78 valence electrons. The Hall–Kier alpha value is -1.03. The van der Waals surface area contributed by atoms with Crippen molar-refractivity contribution in [3.63, 3.8) is 0 Å². The second-order valence-corrected chi connectivity index (χ2v) is 4.23. The average molecular weight is 195 g/mol. The second-order valence-electron chi connectivity index (χ2n) is 4.23. The molecule has 3 N–H and O–H groups in total. The second kappa shape index (κ2) is 3.61. The molecule has 2 atom stereocenters.